The van der Waals surface area contributed by atoms with Crippen LogP contribution in [0.25, 0.3) is 43.8 Å². The quantitative estimate of drug-likeness (QED) is 0.0132. The molecule has 8 aromatic rings. The summed E-state index contributed by atoms with van der Waals surface area (Å²) in [6.07, 6.45) is 1.85. The number of nitrogens with one attached hydrogen (secondary N) is 3. The van der Waals surface area contributed by atoms with E-state index in [-0.39, 0.29) is 90.8 Å². The molecule has 0 bridgehead atoms. The number of carbonyl (C=O) groups is 5. The van der Waals surface area contributed by atoms with Crippen molar-refractivity contribution in [3.05, 3.63) is 131 Å². The summed E-state index contributed by atoms with van der Waals surface area (Å²) in [5.41, 5.74) is 17.6. The van der Waals surface area contributed by atoms with Gasteiger partial charge in [-0.05, 0) is 151 Å². The lowest BCUT2D eigenvalue weighted by Crippen LogP contribution is -2.45. The average Bonchev–Trinajstić information content (AvgIpc) is 1.67. The molecule has 104 heavy (non-hydrogen) atoms. The smallest absolute Gasteiger partial charge is 0.296 e. The molecule has 2 saturated heterocycles. The number of fused-ring (bicyclic) bond motifs is 2. The van der Waals surface area contributed by atoms with E-state index in [2.05, 4.69) is 36.4 Å². The van der Waals surface area contributed by atoms with Crippen molar-refractivity contribution in [2.24, 2.45) is 20.5 Å². The van der Waals surface area contributed by atoms with Crippen LogP contribution in [0.2, 0.25) is 0 Å². The number of hydrogen-bond donors (Lipinski definition) is 11. The third-order valence-corrected chi connectivity index (χ3v) is 22.1. The van der Waals surface area contributed by atoms with Gasteiger partial charge in [-0.3, -0.25) is 61.8 Å². The minimum Gasteiger partial charge on any atom is -0.505 e. The van der Waals surface area contributed by atoms with Gasteiger partial charge in [0.2, 0.25) is 29.5 Å². The number of aryl methyl sites for hydroxylation is 4. The lowest BCUT2D eigenvalue weighted by molar-refractivity contribution is -0.138. The number of nitrogens with two attached hydrogens (primary N) is 2. The topological polar surface area (TPSA) is 494 Å². The first kappa shape index (κ1) is 76.7. The largest absolute Gasteiger partial charge is 0.505 e. The molecule has 0 spiro atoms. The summed E-state index contributed by atoms with van der Waals surface area (Å²) < 4.78 is 136. The molecule has 1 unspecified atom stereocenters. The Bertz CT molecular complexity index is 5110. The van der Waals surface area contributed by atoms with Crippen molar-refractivity contribution in [1.82, 2.24) is 24.9 Å². The van der Waals surface area contributed by atoms with Crippen LogP contribution in [0.5, 0.6) is 11.5 Å². The second kappa shape index (κ2) is 30.8. The summed E-state index contributed by atoms with van der Waals surface area (Å²) >= 11 is 1.29. The zero-order valence-corrected chi connectivity index (χ0v) is 60.3. The van der Waals surface area contributed by atoms with E-state index in [1.54, 1.807) is 56.5 Å². The summed E-state index contributed by atoms with van der Waals surface area (Å²) in [5.74, 6) is -3.18. The lowest BCUT2D eigenvalue weighted by Gasteiger charge is -2.25. The van der Waals surface area contributed by atoms with Crippen molar-refractivity contribution < 1.29 is 86.1 Å². The van der Waals surface area contributed by atoms with E-state index < -0.39 is 99.0 Å². The van der Waals surface area contributed by atoms with Gasteiger partial charge in [-0.1, -0.05) is 36.4 Å². The molecule has 2 aliphatic rings. The number of phenols is 2. The minimum atomic E-state index is -5.13. The molecule has 0 aromatic heterocycles. The zero-order chi connectivity index (χ0) is 75.7. The summed E-state index contributed by atoms with van der Waals surface area (Å²) in [4.78, 5) is 69.7. The summed E-state index contributed by atoms with van der Waals surface area (Å²) in [7, 11) is -20.4. The molecule has 32 nitrogen and oxygen atoms in total. The first-order valence-electron chi connectivity index (χ1n) is 31.6. The molecule has 2 heterocycles. The molecule has 37 heteroatoms. The third-order valence-electron chi connectivity index (χ3n) is 17.6. The second-order valence-corrected chi connectivity index (χ2v) is 31.3. The van der Waals surface area contributed by atoms with Crippen molar-refractivity contribution in [2.45, 2.75) is 58.9 Å². The maximum atomic E-state index is 14.0. The molecule has 0 radical (unpaired) electrons. The summed E-state index contributed by atoms with van der Waals surface area (Å²) in [6.45, 7) is 9.16. The van der Waals surface area contributed by atoms with Crippen LogP contribution in [0.4, 0.5) is 45.5 Å². The molecule has 5 amide bonds. The number of amides is 5. The summed E-state index contributed by atoms with van der Waals surface area (Å²) in [5, 5.41) is 45.7. The standard InChI is InChI=1S/C67H71N13O19S5/c1-36-26-40(42-8-14-48(38(3)28-42)73-75-50-16-10-44-53(101(88,89)90)31-55(103(94,95)96)63(68)61(44)65(50)85)6-12-46(36)71-58(82)34-78-22-20-77(33-57(81)70-18-19-80-60(84)30-52(100-5)67(80)87)21-23-79(25-24-78)35-59(83)72-47-13-7-41(27-37(47)2)43-9-15-49(39(4)29-43)74-76-51-17-11-45-54(102(91,92)93)32-56(104(97,98)99)64(69)62(45)66(51)86/h6-17,26-29,31-32,52,85-86H,18-25,30,33-35,68-69H2,1-5H3,(H,70,81)(H,71,82)(H,72,83)(H,88,89,90)(H,91,92,93)(H,94,95,96)(H,97,98,99). The number of nitrogen functional groups attached to an aromatic ring is 2. The van der Waals surface area contributed by atoms with Crippen molar-refractivity contribution in [1.29, 1.82) is 0 Å². The predicted molar refractivity (Wildman–Crippen MR) is 389 cm³/mol. The molecular formula is C67H71N13O19S5. The number of likely N-dealkylation sites (tertiary alicyclic amines) is 1. The Kier molecular flexibility index (Phi) is 22.7. The van der Waals surface area contributed by atoms with Crippen molar-refractivity contribution >= 4 is 149 Å². The number of carbonyl (C=O) groups excluding carboxylic acids is 5. The lowest BCUT2D eigenvalue weighted by atomic mass is 10.00. The SMILES string of the molecule is CSC1CC(=O)N(CCNC(=O)CN2CCN(CC(=O)Nc3ccc(-c4ccc(N=Nc5ccc6c(S(=O)(=O)O)cc(S(=O)(=O)O)c(N)c6c5O)c(C)c4)cc3C)CCN(CC(=O)Nc3ccc(-c4ccc(N=Nc5ccc6c(S(=O)(=O)O)cc(S(=O)(=O)O)c(N)c6c5O)c(C)c4)cc3C)CC2)C1=O. The molecule has 548 valence electrons. The molecule has 8 aromatic carbocycles. The molecule has 10 rings (SSSR count). The van der Waals surface area contributed by atoms with E-state index >= 15 is 0 Å². The maximum absolute atomic E-state index is 14.0. The van der Waals surface area contributed by atoms with E-state index in [0.29, 0.717) is 85.3 Å². The Balaban J connectivity index is 0.795. The Morgan fingerprint density at radius 3 is 1.15 bits per heavy atom. The van der Waals surface area contributed by atoms with Crippen LogP contribution >= 0.6 is 11.8 Å². The van der Waals surface area contributed by atoms with Crippen molar-refractivity contribution in [3.8, 4) is 33.8 Å². The number of azo groups is 2. The first-order valence-corrected chi connectivity index (χ1v) is 38.7. The van der Waals surface area contributed by atoms with Crippen molar-refractivity contribution in [2.75, 3.05) is 100 Å². The van der Waals surface area contributed by atoms with E-state index in [4.69, 9.17) is 11.5 Å². The van der Waals surface area contributed by atoms with E-state index in [1.807, 2.05) is 64.9 Å². The van der Waals surface area contributed by atoms with Gasteiger partial charge < -0.3 is 37.6 Å². The monoisotopic (exact) mass is 1520 g/mol. The van der Waals surface area contributed by atoms with Gasteiger partial charge in [-0.2, -0.15) is 55.7 Å². The fourth-order valence-electron chi connectivity index (χ4n) is 12.1. The van der Waals surface area contributed by atoms with Crippen molar-refractivity contribution in [3.63, 3.8) is 0 Å². The van der Waals surface area contributed by atoms with Gasteiger partial charge in [0.15, 0.2) is 11.5 Å². The van der Waals surface area contributed by atoms with Gasteiger partial charge in [-0.25, -0.2) is 0 Å². The first-order chi connectivity index (χ1) is 48.9. The molecule has 2 aliphatic heterocycles. The van der Waals surface area contributed by atoms with Gasteiger partial charge in [-0.15, -0.1) is 10.2 Å². The molecule has 0 aliphatic carbocycles. The number of anilines is 4. The number of imide groups is 1. The van der Waals surface area contributed by atoms with E-state index in [9.17, 15) is 86.1 Å². The Hall–Kier alpha value is -9.90. The van der Waals surface area contributed by atoms with Crippen LogP contribution in [0.3, 0.4) is 0 Å². The molecule has 0 saturated carbocycles. The number of nitrogens with zero attached hydrogens (tertiary/aromatic N) is 8. The highest BCUT2D eigenvalue weighted by atomic mass is 32.2. The van der Waals surface area contributed by atoms with Gasteiger partial charge in [0.25, 0.3) is 40.5 Å². The van der Waals surface area contributed by atoms with Crippen LogP contribution in [0.15, 0.2) is 149 Å². The number of benzene rings is 8. The number of phenolic OH excluding ortho intramolecular Hbond substituents is 2. The van der Waals surface area contributed by atoms with Gasteiger partial charge in [0.05, 0.1) is 58.4 Å². The number of hydrogen-bond acceptors (Lipinski definition) is 25. The van der Waals surface area contributed by atoms with Crippen LogP contribution < -0.4 is 27.4 Å². The van der Waals surface area contributed by atoms with Crippen LogP contribution in [-0.2, 0) is 64.4 Å². The number of aromatic hydroxyl groups is 2. The second-order valence-electron chi connectivity index (χ2n) is 24.7. The fraction of sp³-hybridized carbons (Fsp3) is 0.269. The zero-order valence-electron chi connectivity index (χ0n) is 56.2. The van der Waals surface area contributed by atoms with Gasteiger partial charge >= 0.3 is 0 Å². The Morgan fingerprint density at radius 2 is 0.817 bits per heavy atom. The Morgan fingerprint density at radius 1 is 0.481 bits per heavy atom. The predicted octanol–water partition coefficient (Wildman–Crippen LogP) is 8.06. The molecule has 13 N–H and O–H groups in total. The van der Waals surface area contributed by atoms with Crippen LogP contribution in [-0.4, -0.2) is 195 Å². The van der Waals surface area contributed by atoms with E-state index in [1.165, 1.54) is 23.9 Å². The molecule has 1 atom stereocenters. The molecule has 2 fully saturated rings. The Labute approximate surface area is 601 Å². The maximum Gasteiger partial charge on any atom is 0.296 e. The normalized spacial score (nSPS) is 15.6. The molecular weight excluding hydrogens is 1450 g/mol. The van der Waals surface area contributed by atoms with Gasteiger partial charge in [0, 0.05) is 80.9 Å². The number of rotatable bonds is 22. The van der Waals surface area contributed by atoms with Gasteiger partial charge in [0.1, 0.15) is 31.0 Å². The summed E-state index contributed by atoms with van der Waals surface area (Å²) in [6, 6.07) is 26.9. The number of thioether (sulfide) groups is 1. The minimum absolute atomic E-state index is 0.0218. The van der Waals surface area contributed by atoms with Crippen LogP contribution in [0.1, 0.15) is 28.7 Å². The fourth-order valence-corrected chi connectivity index (χ4v) is 15.6. The highest BCUT2D eigenvalue weighted by Gasteiger charge is 2.38. The van der Waals surface area contributed by atoms with Crippen LogP contribution in [0, 0.1) is 27.7 Å². The highest BCUT2D eigenvalue weighted by Crippen LogP contribution is 2.46. The average molecular weight is 1520 g/mol. The van der Waals surface area contributed by atoms with E-state index in [0.717, 1.165) is 50.4 Å². The highest BCUT2D eigenvalue weighted by molar-refractivity contribution is 8.00. The third kappa shape index (κ3) is 17.5.